The number of hydrogen-bond donors (Lipinski definition) is 0. The van der Waals surface area contributed by atoms with E-state index >= 15 is 0 Å². The van der Waals surface area contributed by atoms with Gasteiger partial charge in [-0.3, -0.25) is 10.1 Å². The quantitative estimate of drug-likeness (QED) is 0.327. The highest BCUT2D eigenvalue weighted by Crippen LogP contribution is 2.01. The molecule has 10 heavy (non-hydrogen) atoms. The van der Waals surface area contributed by atoms with E-state index in [1.54, 1.807) is 0 Å². The fourth-order valence-electron chi connectivity index (χ4n) is 0.589. The topological polar surface area (TPSA) is 61.6 Å². The van der Waals surface area contributed by atoms with Gasteiger partial charge >= 0.3 is 0 Å². The summed E-state index contributed by atoms with van der Waals surface area (Å²) in [6.45, 7) is 1.43. The first-order valence-corrected chi connectivity index (χ1v) is 2.82. The van der Waals surface area contributed by atoms with E-state index in [2.05, 4.69) is 9.47 Å². The molecule has 0 aromatic heterocycles. The normalized spacial score (nSPS) is 13.6. The first kappa shape index (κ1) is 9.32. The van der Waals surface area contributed by atoms with E-state index in [4.69, 9.17) is 0 Å². The van der Waals surface area contributed by atoms with Crippen molar-refractivity contribution in [2.24, 2.45) is 0 Å². The van der Waals surface area contributed by atoms with Crippen LogP contribution in [-0.2, 0) is 9.47 Å². The molecule has 0 amide bonds. The van der Waals surface area contributed by atoms with E-state index in [1.807, 2.05) is 0 Å². The van der Waals surface area contributed by atoms with Gasteiger partial charge in [0.1, 0.15) is 0 Å². The second-order valence-corrected chi connectivity index (χ2v) is 1.87. The van der Waals surface area contributed by atoms with Crippen molar-refractivity contribution < 1.29 is 14.4 Å². The molecule has 0 rings (SSSR count). The SMILES string of the molecule is COC(OC)C(C)[N+](=O)[O-]. The molecule has 0 aromatic carbocycles. The predicted octanol–water partition coefficient (Wildman–Crippen LogP) is 0.271. The molecule has 0 saturated carbocycles. The van der Waals surface area contributed by atoms with E-state index in [-0.39, 0.29) is 0 Å². The highest BCUT2D eigenvalue weighted by atomic mass is 16.7. The van der Waals surface area contributed by atoms with E-state index in [0.717, 1.165) is 0 Å². The van der Waals surface area contributed by atoms with E-state index < -0.39 is 17.3 Å². The van der Waals surface area contributed by atoms with Crippen molar-refractivity contribution in [2.75, 3.05) is 14.2 Å². The smallest absolute Gasteiger partial charge is 0.260 e. The van der Waals surface area contributed by atoms with Crippen molar-refractivity contribution in [3.8, 4) is 0 Å². The molecule has 60 valence electrons. The Morgan fingerprint density at radius 1 is 1.40 bits per heavy atom. The van der Waals surface area contributed by atoms with Crippen molar-refractivity contribution in [1.29, 1.82) is 0 Å². The molecule has 1 atom stereocenters. The lowest BCUT2D eigenvalue weighted by Crippen LogP contribution is -2.33. The van der Waals surface area contributed by atoms with Crippen molar-refractivity contribution >= 4 is 0 Å². The van der Waals surface area contributed by atoms with E-state index in [1.165, 1.54) is 21.1 Å². The molecule has 5 nitrogen and oxygen atoms in total. The van der Waals surface area contributed by atoms with Crippen LogP contribution in [0.25, 0.3) is 0 Å². The minimum Gasteiger partial charge on any atom is -0.350 e. The van der Waals surface area contributed by atoms with Gasteiger partial charge in [0.05, 0.1) is 0 Å². The van der Waals surface area contributed by atoms with Gasteiger partial charge in [-0.05, 0) is 0 Å². The zero-order valence-corrected chi connectivity index (χ0v) is 6.23. The fraction of sp³-hybridized carbons (Fsp3) is 1.00. The molecular formula is C5H11NO4. The Bertz CT molecular complexity index is 112. The number of ether oxygens (including phenoxy) is 2. The second kappa shape index (κ2) is 4.19. The number of rotatable bonds is 4. The lowest BCUT2D eigenvalue weighted by molar-refractivity contribution is -0.543. The van der Waals surface area contributed by atoms with Gasteiger partial charge in [0.25, 0.3) is 6.04 Å². The first-order valence-electron chi connectivity index (χ1n) is 2.82. The molecule has 0 N–H and O–H groups in total. The van der Waals surface area contributed by atoms with Crippen LogP contribution < -0.4 is 0 Å². The maximum Gasteiger partial charge on any atom is 0.260 e. The Hall–Kier alpha value is -0.680. The molecule has 0 aliphatic heterocycles. The Kier molecular flexibility index (Phi) is 3.90. The molecule has 1 unspecified atom stereocenters. The molecule has 0 aliphatic rings. The maximum absolute atomic E-state index is 10.1. The van der Waals surface area contributed by atoms with Gasteiger partial charge in [-0.1, -0.05) is 0 Å². The van der Waals surface area contributed by atoms with Gasteiger partial charge in [-0.15, -0.1) is 0 Å². The van der Waals surface area contributed by atoms with Crippen LogP contribution >= 0.6 is 0 Å². The van der Waals surface area contributed by atoms with Crippen molar-refractivity contribution in [3.05, 3.63) is 10.1 Å². The van der Waals surface area contributed by atoms with Crippen LogP contribution in [0.5, 0.6) is 0 Å². The van der Waals surface area contributed by atoms with Gasteiger partial charge < -0.3 is 9.47 Å². The van der Waals surface area contributed by atoms with Crippen LogP contribution in [0.3, 0.4) is 0 Å². The lowest BCUT2D eigenvalue weighted by atomic mass is 10.3. The van der Waals surface area contributed by atoms with Gasteiger partial charge in [0.15, 0.2) is 0 Å². The van der Waals surface area contributed by atoms with Gasteiger partial charge in [-0.25, -0.2) is 0 Å². The number of hydrogen-bond acceptors (Lipinski definition) is 4. The Balaban J connectivity index is 3.88. The summed E-state index contributed by atoms with van der Waals surface area (Å²) in [5.41, 5.74) is 0. The third-order valence-corrected chi connectivity index (χ3v) is 1.19. The predicted molar refractivity (Wildman–Crippen MR) is 34.3 cm³/mol. The summed E-state index contributed by atoms with van der Waals surface area (Å²) in [6, 6.07) is -0.824. The zero-order valence-electron chi connectivity index (χ0n) is 6.23. The van der Waals surface area contributed by atoms with Gasteiger partial charge in [0.2, 0.25) is 6.29 Å². The summed E-state index contributed by atoms with van der Waals surface area (Å²) in [5.74, 6) is 0. The Morgan fingerprint density at radius 3 is 1.90 bits per heavy atom. The minimum absolute atomic E-state index is 0.447. The highest BCUT2D eigenvalue weighted by molar-refractivity contribution is 4.51. The average molecular weight is 149 g/mol. The maximum atomic E-state index is 10.1. The monoisotopic (exact) mass is 149 g/mol. The molecule has 0 bridgehead atoms. The summed E-state index contributed by atoms with van der Waals surface area (Å²) in [5, 5.41) is 10.1. The van der Waals surface area contributed by atoms with Crippen molar-refractivity contribution in [2.45, 2.75) is 19.3 Å². The third-order valence-electron chi connectivity index (χ3n) is 1.19. The second-order valence-electron chi connectivity index (χ2n) is 1.87. The van der Waals surface area contributed by atoms with Gasteiger partial charge in [0, 0.05) is 26.1 Å². The summed E-state index contributed by atoms with van der Waals surface area (Å²) >= 11 is 0. The highest BCUT2D eigenvalue weighted by Gasteiger charge is 2.25. The number of methoxy groups -OCH3 is 2. The molecule has 0 saturated heterocycles. The Labute approximate surface area is 59.1 Å². The third kappa shape index (κ3) is 2.28. The summed E-state index contributed by atoms with van der Waals surface area (Å²) in [4.78, 5) is 9.66. The molecule has 5 heteroatoms. The zero-order chi connectivity index (χ0) is 8.15. The minimum atomic E-state index is -0.824. The molecule has 0 aromatic rings. The van der Waals surface area contributed by atoms with Crippen molar-refractivity contribution in [1.82, 2.24) is 0 Å². The molecule has 0 radical (unpaired) electrons. The standard InChI is InChI=1S/C5H11NO4/c1-4(6(7)8)5(9-2)10-3/h4-5H,1-3H3. The molecular weight excluding hydrogens is 138 g/mol. The Morgan fingerprint density at radius 2 is 1.80 bits per heavy atom. The summed E-state index contributed by atoms with van der Waals surface area (Å²) < 4.78 is 9.32. The first-order chi connectivity index (χ1) is 4.63. The summed E-state index contributed by atoms with van der Waals surface area (Å²) in [6.07, 6.45) is -0.755. The number of nitrogens with zero attached hydrogens (tertiary/aromatic N) is 1. The lowest BCUT2D eigenvalue weighted by Gasteiger charge is -2.13. The van der Waals surface area contributed by atoms with Crippen LogP contribution in [0, 0.1) is 10.1 Å². The summed E-state index contributed by atoms with van der Waals surface area (Å²) in [7, 11) is 2.74. The number of nitro groups is 1. The van der Waals surface area contributed by atoms with E-state index in [0.29, 0.717) is 0 Å². The van der Waals surface area contributed by atoms with Crippen LogP contribution in [0.15, 0.2) is 0 Å². The fourth-order valence-corrected chi connectivity index (χ4v) is 0.589. The molecule has 0 heterocycles. The van der Waals surface area contributed by atoms with E-state index in [9.17, 15) is 10.1 Å². The van der Waals surface area contributed by atoms with Crippen LogP contribution in [0.4, 0.5) is 0 Å². The molecule has 0 aliphatic carbocycles. The largest absolute Gasteiger partial charge is 0.350 e. The van der Waals surface area contributed by atoms with Crippen LogP contribution in [-0.4, -0.2) is 31.5 Å². The molecule has 0 fully saturated rings. The molecule has 0 spiro atoms. The average Bonchev–Trinajstić information content (AvgIpc) is 1.90. The van der Waals surface area contributed by atoms with Crippen LogP contribution in [0.1, 0.15) is 6.92 Å². The van der Waals surface area contributed by atoms with Gasteiger partial charge in [-0.2, -0.15) is 0 Å². The van der Waals surface area contributed by atoms with Crippen LogP contribution in [0.2, 0.25) is 0 Å². The van der Waals surface area contributed by atoms with Crippen molar-refractivity contribution in [3.63, 3.8) is 0 Å².